The fraction of sp³-hybridized carbons (Fsp3) is 0.400. The van der Waals surface area contributed by atoms with Crippen LogP contribution in [0.4, 0.5) is 4.39 Å². The Morgan fingerprint density at radius 1 is 1.44 bits per heavy atom. The standard InChI is InChI=1S/C20H24FN3O3/c1-14-10-16(15(2)24(14)12-17-6-5-9-26-17)11-22-23-20(25)13-27-19-8-4-3-7-18(19)21/h3-4,7-8,10-11,17H,5-6,9,12-13H2,1-2H3,(H,23,25)/b22-11-/t17-/m0/s1. The first-order chi connectivity index (χ1) is 13.0. The number of hydrogen-bond donors (Lipinski definition) is 1. The van der Waals surface area contributed by atoms with Crippen LogP contribution in [0.3, 0.4) is 0 Å². The van der Waals surface area contributed by atoms with Crippen molar-refractivity contribution >= 4 is 12.1 Å². The summed E-state index contributed by atoms with van der Waals surface area (Å²) in [5, 5.41) is 3.98. The molecule has 0 bridgehead atoms. The molecular weight excluding hydrogens is 349 g/mol. The largest absolute Gasteiger partial charge is 0.481 e. The van der Waals surface area contributed by atoms with Gasteiger partial charge in [0.25, 0.3) is 5.91 Å². The van der Waals surface area contributed by atoms with Gasteiger partial charge in [-0.05, 0) is 44.9 Å². The van der Waals surface area contributed by atoms with Gasteiger partial charge < -0.3 is 14.0 Å². The zero-order valence-electron chi connectivity index (χ0n) is 15.6. The van der Waals surface area contributed by atoms with Crippen molar-refractivity contribution in [3.8, 4) is 5.75 Å². The number of hydrogen-bond acceptors (Lipinski definition) is 4. The topological polar surface area (TPSA) is 64.8 Å². The quantitative estimate of drug-likeness (QED) is 0.599. The molecule has 7 heteroatoms. The first kappa shape index (κ1) is 19.1. The summed E-state index contributed by atoms with van der Waals surface area (Å²) < 4.78 is 26.5. The molecule has 1 aliphatic heterocycles. The molecule has 1 atom stereocenters. The number of amides is 1. The maximum Gasteiger partial charge on any atom is 0.277 e. The van der Waals surface area contributed by atoms with Crippen molar-refractivity contribution < 1.29 is 18.7 Å². The van der Waals surface area contributed by atoms with E-state index in [9.17, 15) is 9.18 Å². The van der Waals surface area contributed by atoms with E-state index in [4.69, 9.17) is 9.47 Å². The van der Waals surface area contributed by atoms with Crippen LogP contribution in [0.15, 0.2) is 35.4 Å². The number of hydrazone groups is 1. The number of aromatic nitrogens is 1. The van der Waals surface area contributed by atoms with Crippen molar-refractivity contribution in [2.24, 2.45) is 5.10 Å². The molecule has 0 radical (unpaired) electrons. The highest BCUT2D eigenvalue weighted by Gasteiger charge is 2.18. The van der Waals surface area contributed by atoms with Crippen LogP contribution in [0.1, 0.15) is 29.8 Å². The summed E-state index contributed by atoms with van der Waals surface area (Å²) in [6.45, 7) is 5.41. The van der Waals surface area contributed by atoms with Gasteiger partial charge in [-0.15, -0.1) is 0 Å². The third-order valence-corrected chi connectivity index (χ3v) is 4.61. The van der Waals surface area contributed by atoms with Gasteiger partial charge in [0.2, 0.25) is 0 Å². The molecule has 3 rings (SSSR count). The highest BCUT2D eigenvalue weighted by Crippen LogP contribution is 2.19. The van der Waals surface area contributed by atoms with Gasteiger partial charge in [0.15, 0.2) is 18.2 Å². The van der Waals surface area contributed by atoms with Gasteiger partial charge in [0.1, 0.15) is 0 Å². The number of carbonyl (C=O) groups is 1. The van der Waals surface area contributed by atoms with Crippen molar-refractivity contribution in [3.05, 3.63) is 53.1 Å². The summed E-state index contributed by atoms with van der Waals surface area (Å²) in [6.07, 6.45) is 4.06. The minimum atomic E-state index is -0.507. The van der Waals surface area contributed by atoms with Crippen molar-refractivity contribution in [2.75, 3.05) is 13.2 Å². The molecule has 0 aliphatic carbocycles. The third-order valence-electron chi connectivity index (χ3n) is 4.61. The smallest absolute Gasteiger partial charge is 0.277 e. The summed E-state index contributed by atoms with van der Waals surface area (Å²) in [4.78, 5) is 11.8. The van der Waals surface area contributed by atoms with E-state index in [-0.39, 0.29) is 18.5 Å². The average molecular weight is 373 g/mol. The van der Waals surface area contributed by atoms with E-state index in [0.717, 1.165) is 42.9 Å². The van der Waals surface area contributed by atoms with Crippen LogP contribution in [-0.2, 0) is 16.1 Å². The minimum absolute atomic E-state index is 0.0364. The average Bonchev–Trinajstić information content (AvgIpc) is 3.25. The predicted molar refractivity (Wildman–Crippen MR) is 101 cm³/mol. The van der Waals surface area contributed by atoms with Crippen LogP contribution in [-0.4, -0.2) is 36.0 Å². The second kappa shape index (κ2) is 8.81. The molecule has 0 unspecified atom stereocenters. The van der Waals surface area contributed by atoms with Gasteiger partial charge in [0, 0.05) is 30.1 Å². The fourth-order valence-corrected chi connectivity index (χ4v) is 3.14. The monoisotopic (exact) mass is 373 g/mol. The molecule has 2 heterocycles. The zero-order chi connectivity index (χ0) is 19.2. The Bertz CT molecular complexity index is 826. The fourth-order valence-electron chi connectivity index (χ4n) is 3.14. The normalized spacial score (nSPS) is 16.8. The molecule has 1 amide bonds. The molecule has 1 aromatic heterocycles. The number of aryl methyl sites for hydroxylation is 1. The summed E-state index contributed by atoms with van der Waals surface area (Å²) in [5.74, 6) is -0.926. The highest BCUT2D eigenvalue weighted by atomic mass is 19.1. The van der Waals surface area contributed by atoms with Crippen LogP contribution in [0, 0.1) is 19.7 Å². The highest BCUT2D eigenvalue weighted by molar-refractivity contribution is 5.84. The lowest BCUT2D eigenvalue weighted by Gasteiger charge is -2.14. The summed E-state index contributed by atoms with van der Waals surface area (Å²) in [5.41, 5.74) is 5.53. The lowest BCUT2D eigenvalue weighted by molar-refractivity contribution is -0.123. The molecule has 2 aromatic rings. The molecule has 0 spiro atoms. The first-order valence-corrected chi connectivity index (χ1v) is 9.02. The van der Waals surface area contributed by atoms with E-state index in [1.165, 1.54) is 12.1 Å². The van der Waals surface area contributed by atoms with Gasteiger partial charge in [-0.2, -0.15) is 5.10 Å². The molecule has 1 N–H and O–H groups in total. The molecule has 1 fully saturated rings. The Kier molecular flexibility index (Phi) is 6.24. The van der Waals surface area contributed by atoms with E-state index >= 15 is 0 Å². The maximum absolute atomic E-state index is 13.4. The number of rotatable bonds is 7. The Morgan fingerprint density at radius 2 is 2.26 bits per heavy atom. The van der Waals surface area contributed by atoms with Gasteiger partial charge in [0.05, 0.1) is 12.3 Å². The van der Waals surface area contributed by atoms with Crippen molar-refractivity contribution in [1.29, 1.82) is 0 Å². The number of carbonyl (C=O) groups excluding carboxylic acids is 1. The second-order valence-electron chi connectivity index (χ2n) is 6.58. The van der Waals surface area contributed by atoms with Gasteiger partial charge in [-0.25, -0.2) is 9.82 Å². The lowest BCUT2D eigenvalue weighted by atomic mass is 10.2. The van der Waals surface area contributed by atoms with E-state index in [0.29, 0.717) is 0 Å². The molecular formula is C20H24FN3O3. The second-order valence-corrected chi connectivity index (χ2v) is 6.58. The molecule has 1 aromatic carbocycles. The number of para-hydroxylation sites is 1. The molecule has 27 heavy (non-hydrogen) atoms. The Hall–Kier alpha value is -2.67. The van der Waals surface area contributed by atoms with E-state index in [2.05, 4.69) is 15.1 Å². The SMILES string of the molecule is Cc1cc(/C=N\NC(=O)COc2ccccc2F)c(C)n1C[C@@H]1CCCO1. The van der Waals surface area contributed by atoms with Crippen LogP contribution in [0.2, 0.25) is 0 Å². The molecule has 1 aliphatic rings. The summed E-state index contributed by atoms with van der Waals surface area (Å²) >= 11 is 0. The Labute approximate surface area is 158 Å². The number of ether oxygens (including phenoxy) is 2. The number of nitrogens with zero attached hydrogens (tertiary/aromatic N) is 2. The summed E-state index contributed by atoms with van der Waals surface area (Å²) in [6, 6.07) is 7.96. The molecule has 1 saturated heterocycles. The van der Waals surface area contributed by atoms with E-state index < -0.39 is 11.7 Å². The number of benzene rings is 1. The molecule has 0 saturated carbocycles. The Morgan fingerprint density at radius 3 is 3.00 bits per heavy atom. The molecule has 6 nitrogen and oxygen atoms in total. The summed E-state index contributed by atoms with van der Waals surface area (Å²) in [7, 11) is 0. The van der Waals surface area contributed by atoms with Gasteiger partial charge in [-0.1, -0.05) is 12.1 Å². The van der Waals surface area contributed by atoms with Gasteiger partial charge in [-0.3, -0.25) is 4.79 Å². The van der Waals surface area contributed by atoms with E-state index in [1.54, 1.807) is 18.3 Å². The lowest BCUT2D eigenvalue weighted by Crippen LogP contribution is -2.24. The molecule has 144 valence electrons. The third kappa shape index (κ3) is 4.95. The first-order valence-electron chi connectivity index (χ1n) is 9.02. The number of halogens is 1. The van der Waals surface area contributed by atoms with Gasteiger partial charge >= 0.3 is 0 Å². The Balaban J connectivity index is 1.53. The van der Waals surface area contributed by atoms with Crippen molar-refractivity contribution in [2.45, 2.75) is 39.3 Å². The van der Waals surface area contributed by atoms with Crippen LogP contribution < -0.4 is 10.2 Å². The van der Waals surface area contributed by atoms with Crippen LogP contribution >= 0.6 is 0 Å². The minimum Gasteiger partial charge on any atom is -0.481 e. The van der Waals surface area contributed by atoms with Crippen molar-refractivity contribution in [1.82, 2.24) is 9.99 Å². The van der Waals surface area contributed by atoms with E-state index in [1.807, 2.05) is 19.9 Å². The zero-order valence-corrected chi connectivity index (χ0v) is 15.6. The predicted octanol–water partition coefficient (Wildman–Crippen LogP) is 2.95. The van der Waals surface area contributed by atoms with Crippen LogP contribution in [0.5, 0.6) is 5.75 Å². The number of nitrogens with one attached hydrogen (secondary N) is 1. The van der Waals surface area contributed by atoms with Crippen LogP contribution in [0.25, 0.3) is 0 Å². The van der Waals surface area contributed by atoms with Crippen molar-refractivity contribution in [3.63, 3.8) is 0 Å². The maximum atomic E-state index is 13.4.